The largest absolute Gasteiger partial charge is 0.341 e. The molecule has 0 aromatic heterocycles. The highest BCUT2D eigenvalue weighted by molar-refractivity contribution is 5.79. The zero-order chi connectivity index (χ0) is 13.9. The van der Waals surface area contributed by atoms with Crippen molar-refractivity contribution in [1.29, 1.82) is 0 Å². The van der Waals surface area contributed by atoms with Crippen molar-refractivity contribution in [2.75, 3.05) is 26.2 Å². The Labute approximate surface area is 122 Å². The molecule has 2 aliphatic heterocycles. The summed E-state index contributed by atoms with van der Waals surface area (Å²) < 4.78 is 0. The third-order valence-corrected chi connectivity index (χ3v) is 5.50. The van der Waals surface area contributed by atoms with Crippen molar-refractivity contribution in [2.24, 2.45) is 11.7 Å². The lowest BCUT2D eigenvalue weighted by molar-refractivity contribution is -0.136. The summed E-state index contributed by atoms with van der Waals surface area (Å²) in [5.74, 6) is 0.443. The Morgan fingerprint density at radius 1 is 0.900 bits per heavy atom. The standard InChI is InChI=1S/C16H29N3O/c17-15-8-3-1-2-7-14(15)16(20)19-11-5-10-18-9-4-6-13(18)12-19/h13-15H,1-12,17H2. The van der Waals surface area contributed by atoms with Gasteiger partial charge in [0.2, 0.25) is 5.91 Å². The van der Waals surface area contributed by atoms with Crippen molar-refractivity contribution in [3.05, 3.63) is 0 Å². The first kappa shape index (κ1) is 14.3. The quantitative estimate of drug-likeness (QED) is 0.742. The number of nitrogens with two attached hydrogens (primary N) is 1. The van der Waals surface area contributed by atoms with Gasteiger partial charge < -0.3 is 10.6 Å². The van der Waals surface area contributed by atoms with E-state index in [0.717, 1.165) is 32.4 Å². The molecule has 0 radical (unpaired) electrons. The lowest BCUT2D eigenvalue weighted by Gasteiger charge is -2.30. The van der Waals surface area contributed by atoms with Gasteiger partial charge in [0, 0.05) is 31.7 Å². The van der Waals surface area contributed by atoms with Gasteiger partial charge in [0.1, 0.15) is 0 Å². The molecule has 1 aliphatic carbocycles. The summed E-state index contributed by atoms with van der Waals surface area (Å²) in [7, 11) is 0. The molecule has 4 heteroatoms. The molecule has 114 valence electrons. The average molecular weight is 279 g/mol. The van der Waals surface area contributed by atoms with Gasteiger partial charge in [-0.1, -0.05) is 19.3 Å². The van der Waals surface area contributed by atoms with E-state index in [9.17, 15) is 4.79 Å². The van der Waals surface area contributed by atoms with Crippen LogP contribution in [0.3, 0.4) is 0 Å². The molecule has 2 N–H and O–H groups in total. The first-order valence-corrected chi connectivity index (χ1v) is 8.54. The van der Waals surface area contributed by atoms with Gasteiger partial charge in [-0.2, -0.15) is 0 Å². The molecule has 3 fully saturated rings. The van der Waals surface area contributed by atoms with Crippen molar-refractivity contribution in [1.82, 2.24) is 9.80 Å². The van der Waals surface area contributed by atoms with Gasteiger partial charge in [0.15, 0.2) is 0 Å². The monoisotopic (exact) mass is 279 g/mol. The minimum atomic E-state index is 0.0884. The van der Waals surface area contributed by atoms with Crippen LogP contribution in [0.15, 0.2) is 0 Å². The fourth-order valence-corrected chi connectivity index (χ4v) is 4.28. The highest BCUT2D eigenvalue weighted by Gasteiger charge is 2.35. The number of carbonyl (C=O) groups is 1. The van der Waals surface area contributed by atoms with Crippen LogP contribution in [-0.2, 0) is 4.79 Å². The van der Waals surface area contributed by atoms with Crippen molar-refractivity contribution >= 4 is 5.91 Å². The summed E-state index contributed by atoms with van der Waals surface area (Å²) >= 11 is 0. The molecule has 2 saturated heterocycles. The molecular weight excluding hydrogens is 250 g/mol. The molecule has 3 rings (SSSR count). The van der Waals surface area contributed by atoms with Crippen LogP contribution in [0.5, 0.6) is 0 Å². The SMILES string of the molecule is NC1CCCCCC1C(=O)N1CCCN2CCCC2C1. The Morgan fingerprint density at radius 2 is 1.70 bits per heavy atom. The lowest BCUT2D eigenvalue weighted by Crippen LogP contribution is -2.46. The van der Waals surface area contributed by atoms with Crippen LogP contribution in [0.4, 0.5) is 0 Å². The van der Waals surface area contributed by atoms with E-state index in [0.29, 0.717) is 11.9 Å². The minimum absolute atomic E-state index is 0.0884. The predicted octanol–water partition coefficient (Wildman–Crippen LogP) is 1.59. The molecule has 0 aromatic carbocycles. The average Bonchev–Trinajstić information content (AvgIpc) is 2.65. The van der Waals surface area contributed by atoms with Crippen LogP contribution >= 0.6 is 0 Å². The number of rotatable bonds is 1. The third kappa shape index (κ3) is 3.01. The Hall–Kier alpha value is -0.610. The highest BCUT2D eigenvalue weighted by Crippen LogP contribution is 2.27. The number of carbonyl (C=O) groups excluding carboxylic acids is 1. The fraction of sp³-hybridized carbons (Fsp3) is 0.938. The smallest absolute Gasteiger partial charge is 0.227 e. The molecule has 3 unspecified atom stereocenters. The van der Waals surface area contributed by atoms with E-state index in [1.807, 2.05) is 0 Å². The molecule has 1 saturated carbocycles. The van der Waals surface area contributed by atoms with Crippen LogP contribution < -0.4 is 5.73 Å². The summed E-state index contributed by atoms with van der Waals surface area (Å²) in [6.45, 7) is 4.29. The fourth-order valence-electron chi connectivity index (χ4n) is 4.28. The highest BCUT2D eigenvalue weighted by atomic mass is 16.2. The summed E-state index contributed by atoms with van der Waals surface area (Å²) in [6, 6.07) is 0.705. The number of hydrogen-bond acceptors (Lipinski definition) is 3. The van der Waals surface area contributed by atoms with E-state index >= 15 is 0 Å². The van der Waals surface area contributed by atoms with Gasteiger partial charge >= 0.3 is 0 Å². The number of hydrogen-bond donors (Lipinski definition) is 1. The first-order chi connectivity index (χ1) is 9.75. The van der Waals surface area contributed by atoms with Crippen molar-refractivity contribution < 1.29 is 4.79 Å². The van der Waals surface area contributed by atoms with Gasteiger partial charge in [-0.15, -0.1) is 0 Å². The molecular formula is C16H29N3O. The number of fused-ring (bicyclic) bond motifs is 1. The van der Waals surface area contributed by atoms with Crippen molar-refractivity contribution in [3.8, 4) is 0 Å². The maximum atomic E-state index is 12.9. The van der Waals surface area contributed by atoms with Gasteiger partial charge in [0.25, 0.3) is 0 Å². The maximum Gasteiger partial charge on any atom is 0.227 e. The summed E-state index contributed by atoms with van der Waals surface area (Å²) in [6.07, 6.45) is 9.34. The topological polar surface area (TPSA) is 49.6 Å². The van der Waals surface area contributed by atoms with Crippen LogP contribution in [0.2, 0.25) is 0 Å². The molecule has 3 atom stereocenters. The Morgan fingerprint density at radius 3 is 2.60 bits per heavy atom. The van der Waals surface area contributed by atoms with Gasteiger partial charge in [-0.25, -0.2) is 0 Å². The van der Waals surface area contributed by atoms with Crippen molar-refractivity contribution in [3.63, 3.8) is 0 Å². The van der Waals surface area contributed by atoms with Crippen LogP contribution in [-0.4, -0.2) is 54.0 Å². The van der Waals surface area contributed by atoms with Crippen LogP contribution in [0.1, 0.15) is 51.4 Å². The molecule has 3 aliphatic rings. The zero-order valence-corrected chi connectivity index (χ0v) is 12.6. The number of nitrogens with zero attached hydrogens (tertiary/aromatic N) is 2. The molecule has 1 amide bonds. The molecule has 2 heterocycles. The third-order valence-electron chi connectivity index (χ3n) is 5.50. The minimum Gasteiger partial charge on any atom is -0.341 e. The van der Waals surface area contributed by atoms with E-state index < -0.39 is 0 Å². The lowest BCUT2D eigenvalue weighted by atomic mass is 9.93. The first-order valence-electron chi connectivity index (χ1n) is 8.54. The number of amides is 1. The Bertz CT molecular complexity index is 347. The van der Waals surface area contributed by atoms with E-state index in [1.165, 1.54) is 45.2 Å². The van der Waals surface area contributed by atoms with Crippen LogP contribution in [0.25, 0.3) is 0 Å². The van der Waals surface area contributed by atoms with E-state index in [1.54, 1.807) is 0 Å². The predicted molar refractivity (Wildman–Crippen MR) is 80.3 cm³/mol. The molecule has 0 spiro atoms. The summed E-state index contributed by atoms with van der Waals surface area (Å²) in [4.78, 5) is 17.6. The second kappa shape index (κ2) is 6.44. The van der Waals surface area contributed by atoms with E-state index in [4.69, 9.17) is 5.73 Å². The zero-order valence-electron chi connectivity index (χ0n) is 12.6. The van der Waals surface area contributed by atoms with Gasteiger partial charge in [0.05, 0.1) is 5.92 Å². The summed E-state index contributed by atoms with van der Waals surface area (Å²) in [5, 5.41) is 0. The van der Waals surface area contributed by atoms with Gasteiger partial charge in [-0.3, -0.25) is 9.69 Å². The normalized spacial score (nSPS) is 36.2. The van der Waals surface area contributed by atoms with Gasteiger partial charge in [-0.05, 0) is 38.6 Å². The van der Waals surface area contributed by atoms with E-state index in [-0.39, 0.29) is 12.0 Å². The Balaban J connectivity index is 1.65. The second-order valence-corrected chi connectivity index (χ2v) is 6.88. The summed E-state index contributed by atoms with van der Waals surface area (Å²) in [5.41, 5.74) is 6.27. The maximum absolute atomic E-state index is 12.9. The van der Waals surface area contributed by atoms with Crippen molar-refractivity contribution in [2.45, 2.75) is 63.5 Å². The molecule has 4 nitrogen and oxygen atoms in total. The van der Waals surface area contributed by atoms with E-state index in [2.05, 4.69) is 9.80 Å². The molecule has 0 aromatic rings. The van der Waals surface area contributed by atoms with Crippen LogP contribution in [0, 0.1) is 5.92 Å². The molecule has 0 bridgehead atoms. The Kier molecular flexibility index (Phi) is 4.61. The molecule has 20 heavy (non-hydrogen) atoms. The second-order valence-electron chi connectivity index (χ2n) is 6.88.